The van der Waals surface area contributed by atoms with Crippen molar-refractivity contribution in [2.24, 2.45) is 17.3 Å². The van der Waals surface area contributed by atoms with Crippen molar-refractivity contribution in [3.05, 3.63) is 0 Å². The third-order valence-corrected chi connectivity index (χ3v) is 3.29. The van der Waals surface area contributed by atoms with Gasteiger partial charge in [0.15, 0.2) is 0 Å². The summed E-state index contributed by atoms with van der Waals surface area (Å²) in [5.41, 5.74) is 0.329. The second-order valence-corrected chi connectivity index (χ2v) is 8.12. The van der Waals surface area contributed by atoms with E-state index < -0.39 is 0 Å². The molecule has 0 rings (SSSR count). The van der Waals surface area contributed by atoms with E-state index >= 15 is 0 Å². The summed E-state index contributed by atoms with van der Waals surface area (Å²) in [5, 5.41) is 3.61. The molecule has 0 aliphatic carbocycles. The normalized spacial score (nSPS) is 13.2. The predicted molar refractivity (Wildman–Crippen MR) is 91.3 cm³/mol. The lowest BCUT2D eigenvalue weighted by molar-refractivity contribution is 0.148. The molecule has 0 radical (unpaired) electrons. The molecule has 20 heavy (non-hydrogen) atoms. The van der Waals surface area contributed by atoms with E-state index in [2.05, 4.69) is 70.8 Å². The SMILES string of the molecule is CC(C)CNCC(C)(C)CN(CCN(C)C)CC(C)C. The maximum atomic E-state index is 3.61. The second-order valence-electron chi connectivity index (χ2n) is 8.12. The van der Waals surface area contributed by atoms with Gasteiger partial charge in [-0.1, -0.05) is 41.5 Å². The highest BCUT2D eigenvalue weighted by Crippen LogP contribution is 2.17. The average Bonchev–Trinajstić information content (AvgIpc) is 2.23. The lowest BCUT2D eigenvalue weighted by Crippen LogP contribution is -2.44. The van der Waals surface area contributed by atoms with E-state index in [1.165, 1.54) is 19.6 Å². The van der Waals surface area contributed by atoms with Crippen LogP contribution in [0.1, 0.15) is 41.5 Å². The Morgan fingerprint density at radius 3 is 2.00 bits per heavy atom. The fraction of sp³-hybridized carbons (Fsp3) is 1.00. The van der Waals surface area contributed by atoms with Crippen LogP contribution in [0.15, 0.2) is 0 Å². The highest BCUT2D eigenvalue weighted by molar-refractivity contribution is 4.77. The van der Waals surface area contributed by atoms with Crippen LogP contribution in [0.5, 0.6) is 0 Å². The summed E-state index contributed by atoms with van der Waals surface area (Å²) in [6.07, 6.45) is 0. The molecule has 0 aliphatic heterocycles. The molecule has 0 fully saturated rings. The summed E-state index contributed by atoms with van der Waals surface area (Å²) < 4.78 is 0. The van der Waals surface area contributed by atoms with E-state index in [1.807, 2.05) is 0 Å². The van der Waals surface area contributed by atoms with Crippen LogP contribution in [0.3, 0.4) is 0 Å². The van der Waals surface area contributed by atoms with Gasteiger partial charge in [-0.3, -0.25) is 0 Å². The minimum absolute atomic E-state index is 0.329. The van der Waals surface area contributed by atoms with E-state index in [4.69, 9.17) is 0 Å². The van der Waals surface area contributed by atoms with Crippen LogP contribution in [0, 0.1) is 17.3 Å². The van der Waals surface area contributed by atoms with Gasteiger partial charge in [0.25, 0.3) is 0 Å². The van der Waals surface area contributed by atoms with E-state index in [-0.39, 0.29) is 0 Å². The largest absolute Gasteiger partial charge is 0.316 e. The maximum absolute atomic E-state index is 3.61. The standard InChI is InChI=1S/C17H39N3/c1-15(2)11-18-13-17(5,6)14-20(12-16(3)4)10-9-19(7)8/h15-16,18H,9-14H2,1-8H3. The quantitative estimate of drug-likeness (QED) is 0.630. The molecule has 3 nitrogen and oxygen atoms in total. The monoisotopic (exact) mass is 285 g/mol. The Balaban J connectivity index is 4.29. The second kappa shape index (κ2) is 9.75. The highest BCUT2D eigenvalue weighted by Gasteiger charge is 2.22. The summed E-state index contributed by atoms with van der Waals surface area (Å²) in [7, 11) is 4.31. The summed E-state index contributed by atoms with van der Waals surface area (Å²) >= 11 is 0. The van der Waals surface area contributed by atoms with Crippen molar-refractivity contribution in [2.75, 3.05) is 53.4 Å². The van der Waals surface area contributed by atoms with Crippen LogP contribution >= 0.6 is 0 Å². The molecule has 0 amide bonds. The van der Waals surface area contributed by atoms with Gasteiger partial charge >= 0.3 is 0 Å². The summed E-state index contributed by atoms with van der Waals surface area (Å²) in [5.74, 6) is 1.46. The summed E-state index contributed by atoms with van der Waals surface area (Å²) in [4.78, 5) is 4.90. The van der Waals surface area contributed by atoms with Gasteiger partial charge in [-0.15, -0.1) is 0 Å². The van der Waals surface area contributed by atoms with E-state index in [9.17, 15) is 0 Å². The zero-order valence-corrected chi connectivity index (χ0v) is 15.3. The smallest absolute Gasteiger partial charge is 0.0109 e. The van der Waals surface area contributed by atoms with Crippen LogP contribution in [0.2, 0.25) is 0 Å². The van der Waals surface area contributed by atoms with E-state index in [0.29, 0.717) is 5.41 Å². The summed E-state index contributed by atoms with van der Waals surface area (Å²) in [6, 6.07) is 0. The molecular formula is C17H39N3. The number of nitrogens with zero attached hydrogens (tertiary/aromatic N) is 2. The topological polar surface area (TPSA) is 18.5 Å². The molecule has 3 heteroatoms. The van der Waals surface area contributed by atoms with Gasteiger partial charge in [0.05, 0.1) is 0 Å². The van der Waals surface area contributed by atoms with Crippen LogP contribution in [-0.2, 0) is 0 Å². The fourth-order valence-electron chi connectivity index (χ4n) is 2.45. The van der Waals surface area contributed by atoms with Crippen LogP contribution in [-0.4, -0.2) is 63.2 Å². The van der Waals surface area contributed by atoms with Crippen molar-refractivity contribution in [2.45, 2.75) is 41.5 Å². The van der Waals surface area contributed by atoms with E-state index in [0.717, 1.165) is 31.5 Å². The van der Waals surface area contributed by atoms with Crippen molar-refractivity contribution in [1.82, 2.24) is 15.1 Å². The zero-order chi connectivity index (χ0) is 15.8. The van der Waals surface area contributed by atoms with Crippen molar-refractivity contribution in [3.8, 4) is 0 Å². The average molecular weight is 286 g/mol. The minimum atomic E-state index is 0.329. The first-order valence-electron chi connectivity index (χ1n) is 8.20. The molecule has 0 unspecified atom stereocenters. The molecule has 0 atom stereocenters. The van der Waals surface area contributed by atoms with E-state index in [1.54, 1.807) is 0 Å². The predicted octanol–water partition coefficient (Wildman–Crippen LogP) is 2.78. The minimum Gasteiger partial charge on any atom is -0.316 e. The number of hydrogen-bond donors (Lipinski definition) is 1. The van der Waals surface area contributed by atoms with Gasteiger partial charge in [0.2, 0.25) is 0 Å². The Morgan fingerprint density at radius 1 is 0.950 bits per heavy atom. The van der Waals surface area contributed by atoms with Crippen molar-refractivity contribution in [1.29, 1.82) is 0 Å². The number of nitrogens with one attached hydrogen (secondary N) is 1. The third-order valence-electron chi connectivity index (χ3n) is 3.29. The molecule has 0 spiro atoms. The molecule has 0 saturated heterocycles. The van der Waals surface area contributed by atoms with Gasteiger partial charge < -0.3 is 15.1 Å². The first-order valence-corrected chi connectivity index (χ1v) is 8.20. The first-order chi connectivity index (χ1) is 9.12. The molecule has 0 heterocycles. The number of likely N-dealkylation sites (N-methyl/N-ethyl adjacent to an activating group) is 1. The van der Waals surface area contributed by atoms with Gasteiger partial charge in [0, 0.05) is 32.7 Å². The lowest BCUT2D eigenvalue weighted by Gasteiger charge is -2.34. The van der Waals surface area contributed by atoms with Gasteiger partial charge in [-0.05, 0) is 37.9 Å². The van der Waals surface area contributed by atoms with Crippen LogP contribution < -0.4 is 5.32 Å². The van der Waals surface area contributed by atoms with Crippen molar-refractivity contribution in [3.63, 3.8) is 0 Å². The molecular weight excluding hydrogens is 246 g/mol. The Kier molecular flexibility index (Phi) is 9.69. The molecule has 0 bridgehead atoms. The van der Waals surface area contributed by atoms with Gasteiger partial charge in [-0.2, -0.15) is 0 Å². The van der Waals surface area contributed by atoms with Gasteiger partial charge in [0.1, 0.15) is 0 Å². The summed E-state index contributed by atoms with van der Waals surface area (Å²) in [6.45, 7) is 20.8. The molecule has 1 N–H and O–H groups in total. The molecule has 0 saturated carbocycles. The Bertz CT molecular complexity index is 234. The van der Waals surface area contributed by atoms with Crippen molar-refractivity contribution >= 4 is 0 Å². The lowest BCUT2D eigenvalue weighted by atomic mass is 9.92. The Hall–Kier alpha value is -0.120. The molecule has 122 valence electrons. The number of hydrogen-bond acceptors (Lipinski definition) is 3. The molecule has 0 aromatic rings. The first kappa shape index (κ1) is 19.9. The Labute approximate surface area is 128 Å². The highest BCUT2D eigenvalue weighted by atomic mass is 15.2. The van der Waals surface area contributed by atoms with Gasteiger partial charge in [-0.25, -0.2) is 0 Å². The van der Waals surface area contributed by atoms with Crippen molar-refractivity contribution < 1.29 is 0 Å². The number of rotatable bonds is 11. The maximum Gasteiger partial charge on any atom is 0.0109 e. The fourth-order valence-corrected chi connectivity index (χ4v) is 2.45. The molecule has 0 aromatic carbocycles. The zero-order valence-electron chi connectivity index (χ0n) is 15.3. The molecule has 0 aliphatic rings. The third kappa shape index (κ3) is 11.7. The Morgan fingerprint density at radius 2 is 1.55 bits per heavy atom. The van der Waals surface area contributed by atoms with Crippen LogP contribution in [0.4, 0.5) is 0 Å². The molecule has 0 aromatic heterocycles. The van der Waals surface area contributed by atoms with Crippen LogP contribution in [0.25, 0.3) is 0 Å².